The molecule has 124 valence electrons. The predicted octanol–water partition coefficient (Wildman–Crippen LogP) is 3.79. The monoisotopic (exact) mass is 322 g/mol. The van der Waals surface area contributed by atoms with Gasteiger partial charge in [-0.15, -0.1) is 0 Å². The molecule has 4 rings (SSSR count). The lowest BCUT2D eigenvalue weighted by atomic mass is 9.77. The van der Waals surface area contributed by atoms with Crippen LogP contribution in [-0.2, 0) is 5.54 Å². The van der Waals surface area contributed by atoms with Gasteiger partial charge in [-0.25, -0.2) is 0 Å². The molecule has 1 fully saturated rings. The molecule has 3 aromatic rings. The molecule has 0 radical (unpaired) electrons. The lowest BCUT2D eigenvalue weighted by Crippen LogP contribution is -2.44. The summed E-state index contributed by atoms with van der Waals surface area (Å²) >= 11 is 0. The van der Waals surface area contributed by atoms with E-state index in [2.05, 4.69) is 65.8 Å². The molecule has 5 nitrogen and oxygen atoms in total. The number of hydrogen-bond donors (Lipinski definition) is 1. The van der Waals surface area contributed by atoms with Gasteiger partial charge in [-0.05, 0) is 57.7 Å². The van der Waals surface area contributed by atoms with E-state index in [4.69, 9.17) is 10.3 Å². The van der Waals surface area contributed by atoms with Crippen molar-refractivity contribution in [3.05, 3.63) is 53.1 Å². The maximum atomic E-state index is 6.31. The highest BCUT2D eigenvalue weighted by atomic mass is 16.5. The Morgan fingerprint density at radius 1 is 1.17 bits per heavy atom. The minimum Gasteiger partial charge on any atom is -0.334 e. The molecule has 1 saturated carbocycles. The standard InChI is InChI=1S/C19H22N4O/c1-12-7-4-5-8-16(12)23-13(2)11-15(14(23)3)17-21-18(22-24-17)19(20)9-6-10-19/h4-5,7-8,11H,6,9-10,20H2,1-3H3. The highest BCUT2D eigenvalue weighted by molar-refractivity contribution is 5.61. The van der Waals surface area contributed by atoms with E-state index in [1.54, 1.807) is 0 Å². The largest absolute Gasteiger partial charge is 0.334 e. The van der Waals surface area contributed by atoms with E-state index >= 15 is 0 Å². The number of benzene rings is 1. The zero-order valence-electron chi connectivity index (χ0n) is 14.3. The second kappa shape index (κ2) is 5.31. The average Bonchev–Trinajstić information content (AvgIpc) is 3.11. The van der Waals surface area contributed by atoms with E-state index in [0.717, 1.165) is 36.2 Å². The topological polar surface area (TPSA) is 69.9 Å². The third-order valence-corrected chi connectivity index (χ3v) is 5.14. The first-order valence-corrected chi connectivity index (χ1v) is 8.38. The van der Waals surface area contributed by atoms with Gasteiger partial charge < -0.3 is 14.8 Å². The molecule has 1 aliphatic carbocycles. The lowest BCUT2D eigenvalue weighted by Gasteiger charge is -2.34. The maximum Gasteiger partial charge on any atom is 0.259 e. The van der Waals surface area contributed by atoms with Crippen molar-refractivity contribution in [3.8, 4) is 17.1 Å². The summed E-state index contributed by atoms with van der Waals surface area (Å²) in [6, 6.07) is 10.5. The molecule has 1 aromatic carbocycles. The smallest absolute Gasteiger partial charge is 0.259 e. The predicted molar refractivity (Wildman–Crippen MR) is 93.0 cm³/mol. The molecule has 1 aliphatic rings. The Bertz CT molecular complexity index is 902. The van der Waals surface area contributed by atoms with E-state index in [0.29, 0.717) is 11.7 Å². The van der Waals surface area contributed by atoms with Crippen molar-refractivity contribution in [1.82, 2.24) is 14.7 Å². The Labute approximate surface area is 141 Å². The van der Waals surface area contributed by atoms with Gasteiger partial charge in [-0.3, -0.25) is 0 Å². The van der Waals surface area contributed by atoms with E-state index in [9.17, 15) is 0 Å². The fraction of sp³-hybridized carbons (Fsp3) is 0.368. The highest BCUT2D eigenvalue weighted by Crippen LogP contribution is 2.38. The SMILES string of the molecule is Cc1ccccc1-n1c(C)cc(-c2nc(C3(N)CCC3)no2)c1C. The zero-order chi connectivity index (χ0) is 16.9. The van der Waals surface area contributed by atoms with Gasteiger partial charge in [-0.2, -0.15) is 4.98 Å². The lowest BCUT2D eigenvalue weighted by molar-refractivity contribution is 0.229. The number of aryl methyl sites for hydroxylation is 2. The molecular weight excluding hydrogens is 300 g/mol. The van der Waals surface area contributed by atoms with Crippen LogP contribution < -0.4 is 5.73 Å². The van der Waals surface area contributed by atoms with Crippen LogP contribution in [0, 0.1) is 20.8 Å². The van der Waals surface area contributed by atoms with Crippen LogP contribution in [0.4, 0.5) is 0 Å². The molecule has 2 N–H and O–H groups in total. The highest BCUT2D eigenvalue weighted by Gasteiger charge is 2.39. The second-order valence-electron chi connectivity index (χ2n) is 6.84. The molecule has 5 heteroatoms. The van der Waals surface area contributed by atoms with Crippen LogP contribution in [0.25, 0.3) is 17.1 Å². The van der Waals surface area contributed by atoms with Crippen molar-refractivity contribution in [1.29, 1.82) is 0 Å². The average molecular weight is 322 g/mol. The summed E-state index contributed by atoms with van der Waals surface area (Å²) < 4.78 is 7.77. The third kappa shape index (κ3) is 2.19. The van der Waals surface area contributed by atoms with Gasteiger partial charge >= 0.3 is 0 Å². The van der Waals surface area contributed by atoms with Gasteiger partial charge in [0.05, 0.1) is 11.1 Å². The van der Waals surface area contributed by atoms with Crippen molar-refractivity contribution >= 4 is 0 Å². The summed E-state index contributed by atoms with van der Waals surface area (Å²) in [4.78, 5) is 4.59. The van der Waals surface area contributed by atoms with E-state index in [-0.39, 0.29) is 0 Å². The fourth-order valence-corrected chi connectivity index (χ4v) is 3.48. The van der Waals surface area contributed by atoms with Crippen LogP contribution in [0.2, 0.25) is 0 Å². The molecule has 2 heterocycles. The fourth-order valence-electron chi connectivity index (χ4n) is 3.48. The molecule has 0 bridgehead atoms. The van der Waals surface area contributed by atoms with Crippen molar-refractivity contribution < 1.29 is 4.52 Å². The quantitative estimate of drug-likeness (QED) is 0.796. The van der Waals surface area contributed by atoms with E-state index < -0.39 is 5.54 Å². The van der Waals surface area contributed by atoms with Crippen LogP contribution in [0.1, 0.15) is 42.0 Å². The molecule has 0 atom stereocenters. The molecule has 0 saturated heterocycles. The van der Waals surface area contributed by atoms with E-state index in [1.807, 2.05) is 0 Å². The summed E-state index contributed by atoms with van der Waals surface area (Å²) in [7, 11) is 0. The first-order valence-electron chi connectivity index (χ1n) is 8.38. The van der Waals surface area contributed by atoms with Crippen LogP contribution in [0.3, 0.4) is 0 Å². The molecule has 0 spiro atoms. The second-order valence-corrected chi connectivity index (χ2v) is 6.84. The summed E-state index contributed by atoms with van der Waals surface area (Å²) in [6.07, 6.45) is 2.98. The normalized spacial score (nSPS) is 16.2. The van der Waals surface area contributed by atoms with Gasteiger partial charge in [0.1, 0.15) is 0 Å². The number of rotatable bonds is 3. The molecular formula is C19H22N4O. The van der Waals surface area contributed by atoms with Crippen LogP contribution in [0.5, 0.6) is 0 Å². The molecule has 0 amide bonds. The summed E-state index contributed by atoms with van der Waals surface area (Å²) in [5.74, 6) is 1.18. The van der Waals surface area contributed by atoms with E-state index in [1.165, 1.54) is 11.3 Å². The van der Waals surface area contributed by atoms with Crippen molar-refractivity contribution in [2.45, 2.75) is 45.6 Å². The van der Waals surface area contributed by atoms with Gasteiger partial charge in [0.15, 0.2) is 5.82 Å². The maximum absolute atomic E-state index is 6.31. The van der Waals surface area contributed by atoms with Gasteiger partial charge in [0, 0.05) is 17.1 Å². The molecule has 24 heavy (non-hydrogen) atoms. The molecule has 2 aromatic heterocycles. The molecule has 0 unspecified atom stereocenters. The number of aromatic nitrogens is 3. The summed E-state index contributed by atoms with van der Waals surface area (Å²) in [5.41, 5.74) is 11.5. The molecule has 0 aliphatic heterocycles. The van der Waals surface area contributed by atoms with Crippen LogP contribution >= 0.6 is 0 Å². The van der Waals surface area contributed by atoms with Crippen molar-refractivity contribution in [2.75, 3.05) is 0 Å². The number of nitrogens with zero attached hydrogens (tertiary/aromatic N) is 3. The first kappa shape index (κ1) is 15.1. The third-order valence-electron chi connectivity index (χ3n) is 5.14. The van der Waals surface area contributed by atoms with Crippen molar-refractivity contribution in [3.63, 3.8) is 0 Å². The van der Waals surface area contributed by atoms with Gasteiger partial charge in [0.2, 0.25) is 0 Å². The Balaban J connectivity index is 1.78. The Hall–Kier alpha value is -2.40. The van der Waals surface area contributed by atoms with Gasteiger partial charge in [0.25, 0.3) is 5.89 Å². The Kier molecular flexibility index (Phi) is 3.35. The Morgan fingerprint density at radius 3 is 2.58 bits per heavy atom. The van der Waals surface area contributed by atoms with Crippen LogP contribution in [-0.4, -0.2) is 14.7 Å². The van der Waals surface area contributed by atoms with Crippen molar-refractivity contribution in [2.24, 2.45) is 5.73 Å². The zero-order valence-corrected chi connectivity index (χ0v) is 14.3. The summed E-state index contributed by atoms with van der Waals surface area (Å²) in [5, 5.41) is 4.14. The Morgan fingerprint density at radius 2 is 1.92 bits per heavy atom. The minimum absolute atomic E-state index is 0.400. The number of nitrogens with two attached hydrogens (primary N) is 1. The minimum atomic E-state index is -0.400. The number of para-hydroxylation sites is 1. The summed E-state index contributed by atoms with van der Waals surface area (Å²) in [6.45, 7) is 6.30. The van der Waals surface area contributed by atoms with Gasteiger partial charge in [-0.1, -0.05) is 23.4 Å². The first-order chi connectivity index (χ1) is 11.5. The number of hydrogen-bond acceptors (Lipinski definition) is 4. The van der Waals surface area contributed by atoms with Crippen LogP contribution in [0.15, 0.2) is 34.9 Å².